The molecule has 146 valence electrons. The number of rotatable bonds is 8. The molecular formula is C25H26F2O. The van der Waals surface area contributed by atoms with Gasteiger partial charge >= 0.3 is 0 Å². The van der Waals surface area contributed by atoms with Gasteiger partial charge in [0.15, 0.2) is 11.6 Å². The Hall–Kier alpha value is -2.68. The van der Waals surface area contributed by atoms with Gasteiger partial charge in [-0.05, 0) is 60.4 Å². The van der Waals surface area contributed by atoms with Crippen LogP contribution in [0.2, 0.25) is 0 Å². The summed E-state index contributed by atoms with van der Waals surface area (Å²) in [5, 5.41) is 0. The van der Waals surface area contributed by atoms with Crippen molar-refractivity contribution >= 4 is 0 Å². The van der Waals surface area contributed by atoms with Crippen molar-refractivity contribution in [2.45, 2.75) is 39.0 Å². The van der Waals surface area contributed by atoms with E-state index in [4.69, 9.17) is 4.74 Å². The lowest BCUT2D eigenvalue weighted by atomic mass is 9.93. The molecule has 0 bridgehead atoms. The van der Waals surface area contributed by atoms with Crippen LogP contribution < -0.4 is 4.74 Å². The minimum Gasteiger partial charge on any atom is -0.491 e. The summed E-state index contributed by atoms with van der Waals surface area (Å²) in [7, 11) is 0. The minimum absolute atomic E-state index is 0.0272. The summed E-state index contributed by atoms with van der Waals surface area (Å²) >= 11 is 0. The normalized spacial score (nSPS) is 12.0. The molecule has 0 amide bonds. The molecule has 3 aromatic rings. The minimum atomic E-state index is -0.899. The Morgan fingerprint density at radius 3 is 2.14 bits per heavy atom. The highest BCUT2D eigenvalue weighted by molar-refractivity contribution is 5.32. The molecule has 0 aliphatic heterocycles. The fraction of sp³-hybridized carbons (Fsp3) is 0.280. The van der Waals surface area contributed by atoms with Gasteiger partial charge in [-0.15, -0.1) is 0 Å². The fourth-order valence-electron chi connectivity index (χ4n) is 3.41. The van der Waals surface area contributed by atoms with E-state index >= 15 is 0 Å². The molecule has 0 aromatic heterocycles. The quantitative estimate of drug-likeness (QED) is 0.434. The van der Waals surface area contributed by atoms with Crippen molar-refractivity contribution in [2.75, 3.05) is 6.61 Å². The zero-order valence-corrected chi connectivity index (χ0v) is 16.4. The second-order valence-corrected chi connectivity index (χ2v) is 7.12. The lowest BCUT2D eigenvalue weighted by Gasteiger charge is -2.12. The Kier molecular flexibility index (Phi) is 6.80. The van der Waals surface area contributed by atoms with E-state index in [2.05, 4.69) is 55.5 Å². The van der Waals surface area contributed by atoms with Crippen molar-refractivity contribution in [3.63, 3.8) is 0 Å². The van der Waals surface area contributed by atoms with Gasteiger partial charge < -0.3 is 4.74 Å². The van der Waals surface area contributed by atoms with Crippen LogP contribution in [0.3, 0.4) is 0 Å². The van der Waals surface area contributed by atoms with E-state index in [1.807, 2.05) is 6.07 Å². The van der Waals surface area contributed by atoms with Crippen LogP contribution in [0.4, 0.5) is 8.78 Å². The highest BCUT2D eigenvalue weighted by atomic mass is 19.2. The predicted octanol–water partition coefficient (Wildman–Crippen LogP) is 6.49. The summed E-state index contributed by atoms with van der Waals surface area (Å²) in [5.41, 5.74) is 4.10. The molecule has 0 aliphatic carbocycles. The van der Waals surface area contributed by atoms with Crippen LogP contribution >= 0.6 is 0 Å². The molecule has 1 nitrogen and oxygen atoms in total. The Labute approximate surface area is 166 Å². The smallest absolute Gasteiger partial charge is 0.200 e. The topological polar surface area (TPSA) is 9.23 Å². The Morgan fingerprint density at radius 2 is 1.46 bits per heavy atom. The Morgan fingerprint density at radius 1 is 0.786 bits per heavy atom. The zero-order chi connectivity index (χ0) is 19.9. The summed E-state index contributed by atoms with van der Waals surface area (Å²) in [4.78, 5) is 0. The molecule has 1 atom stereocenters. The van der Waals surface area contributed by atoms with Crippen molar-refractivity contribution in [2.24, 2.45) is 0 Å². The standard InChI is InChI=1S/C25H26F2O/c1-3-28-23-16-15-22(24(26)25(23)27)14-13-19-9-11-20(12-10-19)17-18(2)21-7-5-4-6-8-21/h4-12,15-16,18H,3,13-14,17H2,1-2H3/t18-/m1/s1. The molecule has 3 aromatic carbocycles. The first kappa shape index (κ1) is 20.1. The van der Waals surface area contributed by atoms with Crippen molar-refractivity contribution in [3.8, 4) is 5.75 Å². The molecule has 3 rings (SSSR count). The van der Waals surface area contributed by atoms with Crippen molar-refractivity contribution < 1.29 is 13.5 Å². The Bertz CT molecular complexity index is 888. The zero-order valence-electron chi connectivity index (χ0n) is 16.4. The molecular weight excluding hydrogens is 354 g/mol. The second kappa shape index (κ2) is 9.50. The molecule has 3 heteroatoms. The van der Waals surface area contributed by atoms with E-state index in [1.165, 1.54) is 17.2 Å². The maximum absolute atomic E-state index is 14.2. The van der Waals surface area contributed by atoms with Gasteiger partial charge in [-0.3, -0.25) is 0 Å². The molecule has 0 unspecified atom stereocenters. The SMILES string of the molecule is CCOc1ccc(CCc2ccc(C[C@@H](C)c3ccccc3)cc2)c(F)c1F. The van der Waals surface area contributed by atoms with Gasteiger partial charge in [0.25, 0.3) is 0 Å². The summed E-state index contributed by atoms with van der Waals surface area (Å²) < 4.78 is 33.3. The first-order chi connectivity index (χ1) is 13.6. The third kappa shape index (κ3) is 4.98. The number of aryl methyl sites for hydroxylation is 2. The maximum Gasteiger partial charge on any atom is 0.200 e. The maximum atomic E-state index is 14.2. The third-order valence-electron chi connectivity index (χ3n) is 5.04. The van der Waals surface area contributed by atoms with E-state index in [1.54, 1.807) is 13.0 Å². The molecule has 0 N–H and O–H groups in total. The molecule has 0 saturated heterocycles. The number of hydrogen-bond donors (Lipinski definition) is 0. The lowest BCUT2D eigenvalue weighted by molar-refractivity contribution is 0.313. The van der Waals surface area contributed by atoms with Crippen LogP contribution in [0.5, 0.6) is 5.75 Å². The fourth-order valence-corrected chi connectivity index (χ4v) is 3.41. The van der Waals surface area contributed by atoms with Gasteiger partial charge in [0.05, 0.1) is 6.61 Å². The van der Waals surface area contributed by atoms with Crippen LogP contribution in [-0.4, -0.2) is 6.61 Å². The average Bonchev–Trinajstić information content (AvgIpc) is 2.73. The summed E-state index contributed by atoms with van der Waals surface area (Å²) in [6.45, 7) is 4.28. The first-order valence-corrected chi connectivity index (χ1v) is 9.81. The van der Waals surface area contributed by atoms with Crippen LogP contribution in [0.15, 0.2) is 66.7 Å². The number of benzene rings is 3. The molecule has 0 saturated carbocycles. The highest BCUT2D eigenvalue weighted by Crippen LogP contribution is 2.24. The number of ether oxygens (including phenoxy) is 1. The van der Waals surface area contributed by atoms with Gasteiger partial charge in [0, 0.05) is 0 Å². The molecule has 28 heavy (non-hydrogen) atoms. The van der Waals surface area contributed by atoms with E-state index in [0.29, 0.717) is 30.9 Å². The van der Waals surface area contributed by atoms with E-state index < -0.39 is 11.6 Å². The molecule has 0 radical (unpaired) electrons. The highest BCUT2D eigenvalue weighted by Gasteiger charge is 2.14. The van der Waals surface area contributed by atoms with Crippen molar-refractivity contribution in [1.29, 1.82) is 0 Å². The molecule has 0 aliphatic rings. The average molecular weight is 380 g/mol. The van der Waals surface area contributed by atoms with Gasteiger partial charge in [0.2, 0.25) is 5.82 Å². The van der Waals surface area contributed by atoms with Gasteiger partial charge in [-0.25, -0.2) is 4.39 Å². The Balaban J connectivity index is 1.60. The lowest BCUT2D eigenvalue weighted by Crippen LogP contribution is -2.02. The van der Waals surface area contributed by atoms with Crippen molar-refractivity contribution in [3.05, 3.63) is 101 Å². The largest absolute Gasteiger partial charge is 0.491 e. The second-order valence-electron chi connectivity index (χ2n) is 7.12. The third-order valence-corrected chi connectivity index (χ3v) is 5.04. The van der Waals surface area contributed by atoms with Gasteiger partial charge in [0.1, 0.15) is 0 Å². The van der Waals surface area contributed by atoms with Gasteiger partial charge in [-0.2, -0.15) is 4.39 Å². The van der Waals surface area contributed by atoms with Crippen LogP contribution in [0.1, 0.15) is 42.0 Å². The summed E-state index contributed by atoms with van der Waals surface area (Å²) in [5.74, 6) is -1.28. The first-order valence-electron chi connectivity index (χ1n) is 9.81. The number of hydrogen-bond acceptors (Lipinski definition) is 1. The van der Waals surface area contributed by atoms with Crippen LogP contribution in [0.25, 0.3) is 0 Å². The molecule has 0 heterocycles. The number of halogens is 2. The predicted molar refractivity (Wildman–Crippen MR) is 110 cm³/mol. The summed E-state index contributed by atoms with van der Waals surface area (Å²) in [6.07, 6.45) is 2.09. The van der Waals surface area contributed by atoms with E-state index in [-0.39, 0.29) is 5.75 Å². The van der Waals surface area contributed by atoms with Crippen molar-refractivity contribution in [1.82, 2.24) is 0 Å². The van der Waals surface area contributed by atoms with E-state index in [0.717, 1.165) is 12.0 Å². The summed E-state index contributed by atoms with van der Waals surface area (Å²) in [6, 6.07) is 22.0. The molecule has 0 fully saturated rings. The molecule has 0 spiro atoms. The monoisotopic (exact) mass is 380 g/mol. The van der Waals surface area contributed by atoms with Crippen LogP contribution in [-0.2, 0) is 19.3 Å². The van der Waals surface area contributed by atoms with Gasteiger partial charge in [-0.1, -0.05) is 67.6 Å². The van der Waals surface area contributed by atoms with E-state index in [9.17, 15) is 8.78 Å². The van der Waals surface area contributed by atoms with Crippen LogP contribution in [0, 0.1) is 11.6 Å².